The van der Waals surface area contributed by atoms with Gasteiger partial charge in [0, 0.05) is 20.1 Å². The third-order valence-electron chi connectivity index (χ3n) is 3.00. The molecule has 7 heteroatoms. The van der Waals surface area contributed by atoms with Crippen molar-refractivity contribution in [2.75, 3.05) is 34.2 Å². The maximum atomic E-state index is 13.9. The number of hydrogen-bond acceptors (Lipinski definition) is 4. The van der Waals surface area contributed by atoms with E-state index in [2.05, 4.69) is 0 Å². The molecule has 2 N–H and O–H groups in total. The molecule has 0 heterocycles. The largest absolute Gasteiger partial charge is 0.326 e. The topological polar surface area (TPSA) is 66.6 Å². The fourth-order valence-corrected chi connectivity index (χ4v) is 3.03. The van der Waals surface area contributed by atoms with E-state index >= 15 is 0 Å². The summed E-state index contributed by atoms with van der Waals surface area (Å²) in [6, 6.07) is 3.97. The normalized spacial score (nSPS) is 12.3. The predicted molar refractivity (Wildman–Crippen MR) is 77.3 cm³/mol. The molecular formula is C13H22FN3O2S. The van der Waals surface area contributed by atoms with Crippen molar-refractivity contribution in [3.05, 3.63) is 29.6 Å². The first-order chi connectivity index (χ1) is 9.28. The van der Waals surface area contributed by atoms with Crippen LogP contribution in [0, 0.1) is 5.82 Å². The summed E-state index contributed by atoms with van der Waals surface area (Å²) < 4.78 is 39.6. The van der Waals surface area contributed by atoms with Crippen molar-refractivity contribution in [2.45, 2.75) is 17.9 Å². The lowest BCUT2D eigenvalue weighted by Crippen LogP contribution is -2.30. The Morgan fingerprint density at radius 1 is 1.20 bits per heavy atom. The average molecular weight is 303 g/mol. The molecule has 0 saturated carbocycles. The second kappa shape index (κ2) is 7.12. The van der Waals surface area contributed by atoms with Crippen molar-refractivity contribution in [1.29, 1.82) is 0 Å². The van der Waals surface area contributed by atoms with Gasteiger partial charge in [-0.25, -0.2) is 17.1 Å². The number of sulfonamides is 1. The quantitative estimate of drug-likeness (QED) is 0.811. The molecule has 1 aromatic carbocycles. The Kier molecular flexibility index (Phi) is 6.07. The van der Waals surface area contributed by atoms with Gasteiger partial charge in [0.25, 0.3) is 0 Å². The summed E-state index contributed by atoms with van der Waals surface area (Å²) in [4.78, 5) is 1.67. The minimum absolute atomic E-state index is 0.177. The van der Waals surface area contributed by atoms with Gasteiger partial charge in [0.2, 0.25) is 10.0 Å². The molecule has 5 nitrogen and oxygen atoms in total. The number of nitrogens with zero attached hydrogens (tertiary/aromatic N) is 2. The lowest BCUT2D eigenvalue weighted by molar-refractivity contribution is 0.369. The Morgan fingerprint density at radius 2 is 1.85 bits per heavy atom. The molecule has 0 aliphatic carbocycles. The lowest BCUT2D eigenvalue weighted by Gasteiger charge is -2.19. The van der Waals surface area contributed by atoms with E-state index in [1.54, 1.807) is 0 Å². The van der Waals surface area contributed by atoms with Crippen LogP contribution in [0.4, 0.5) is 4.39 Å². The molecule has 0 fully saturated rings. The van der Waals surface area contributed by atoms with Gasteiger partial charge in [0.1, 0.15) is 10.7 Å². The molecule has 0 bridgehead atoms. The number of hydrogen-bond donors (Lipinski definition) is 1. The molecule has 1 aromatic rings. The van der Waals surface area contributed by atoms with Crippen LogP contribution in [0.5, 0.6) is 0 Å². The zero-order valence-electron chi connectivity index (χ0n) is 12.1. The summed E-state index contributed by atoms with van der Waals surface area (Å²) in [5.41, 5.74) is 5.97. The first-order valence-corrected chi connectivity index (χ1v) is 7.82. The predicted octanol–water partition coefficient (Wildman–Crippen LogP) is 0.857. The van der Waals surface area contributed by atoms with Gasteiger partial charge in [-0.05, 0) is 44.8 Å². The average Bonchev–Trinajstić information content (AvgIpc) is 2.37. The number of benzene rings is 1. The fraction of sp³-hybridized carbons (Fsp3) is 0.538. The lowest BCUT2D eigenvalue weighted by atomic mass is 10.2. The van der Waals surface area contributed by atoms with Gasteiger partial charge in [0.15, 0.2) is 0 Å². The third-order valence-corrected chi connectivity index (χ3v) is 4.89. The van der Waals surface area contributed by atoms with E-state index in [1.165, 1.54) is 29.6 Å². The summed E-state index contributed by atoms with van der Waals surface area (Å²) in [6.07, 6.45) is 0.686. The molecule has 0 aliphatic heterocycles. The summed E-state index contributed by atoms with van der Waals surface area (Å²) >= 11 is 0. The van der Waals surface area contributed by atoms with Crippen molar-refractivity contribution < 1.29 is 12.8 Å². The highest BCUT2D eigenvalue weighted by Gasteiger charge is 2.24. The molecule has 0 saturated heterocycles. The SMILES string of the molecule is CN(C)CCCN(C)S(=O)(=O)c1ccc(CN)cc1F. The maximum Gasteiger partial charge on any atom is 0.245 e. The monoisotopic (exact) mass is 303 g/mol. The molecule has 114 valence electrons. The van der Waals surface area contributed by atoms with Gasteiger partial charge in [-0.3, -0.25) is 0 Å². The second-order valence-corrected chi connectivity index (χ2v) is 6.97. The van der Waals surface area contributed by atoms with Gasteiger partial charge in [-0.15, -0.1) is 0 Å². The summed E-state index contributed by atoms with van der Waals surface area (Å²) in [5.74, 6) is -0.757. The molecule has 20 heavy (non-hydrogen) atoms. The van der Waals surface area contributed by atoms with Crippen molar-refractivity contribution in [3.63, 3.8) is 0 Å². The molecule has 1 rings (SSSR count). The smallest absolute Gasteiger partial charge is 0.245 e. The Labute approximate surface area is 120 Å². The van der Waals surface area contributed by atoms with Crippen LogP contribution < -0.4 is 5.73 Å². The van der Waals surface area contributed by atoms with E-state index in [1.807, 2.05) is 19.0 Å². The standard InChI is InChI=1S/C13H22FN3O2S/c1-16(2)7-4-8-17(3)20(18,19)13-6-5-11(10-15)9-12(13)14/h5-6,9H,4,7-8,10,15H2,1-3H3. The van der Waals surface area contributed by atoms with Crippen molar-refractivity contribution in [2.24, 2.45) is 5.73 Å². The van der Waals surface area contributed by atoms with Gasteiger partial charge in [-0.2, -0.15) is 0 Å². The number of nitrogens with two attached hydrogens (primary N) is 1. The van der Waals surface area contributed by atoms with Crippen LogP contribution in [0.3, 0.4) is 0 Å². The van der Waals surface area contributed by atoms with Crippen LogP contribution in [-0.4, -0.2) is 51.9 Å². The van der Waals surface area contributed by atoms with E-state index in [4.69, 9.17) is 5.73 Å². The van der Waals surface area contributed by atoms with Crippen LogP contribution >= 0.6 is 0 Å². The molecule has 0 unspecified atom stereocenters. The molecule has 0 spiro atoms. The summed E-state index contributed by atoms with van der Waals surface area (Å²) in [6.45, 7) is 1.29. The van der Waals surface area contributed by atoms with Gasteiger partial charge >= 0.3 is 0 Å². The molecule has 0 radical (unpaired) electrons. The number of rotatable bonds is 7. The van der Waals surface area contributed by atoms with Crippen LogP contribution in [0.2, 0.25) is 0 Å². The van der Waals surface area contributed by atoms with Crippen molar-refractivity contribution in [1.82, 2.24) is 9.21 Å². The van der Waals surface area contributed by atoms with Crippen LogP contribution in [0.1, 0.15) is 12.0 Å². The van der Waals surface area contributed by atoms with Crippen molar-refractivity contribution >= 4 is 10.0 Å². The molecule has 0 aromatic heterocycles. The zero-order chi connectivity index (χ0) is 15.3. The zero-order valence-corrected chi connectivity index (χ0v) is 13.0. The maximum absolute atomic E-state index is 13.9. The Bertz CT molecular complexity index is 547. The molecule has 0 amide bonds. The Hall–Kier alpha value is -1.02. The third kappa shape index (κ3) is 4.24. The highest BCUT2D eigenvalue weighted by molar-refractivity contribution is 7.89. The summed E-state index contributed by atoms with van der Waals surface area (Å²) in [7, 11) is 1.50. The van der Waals surface area contributed by atoms with Gasteiger partial charge in [0.05, 0.1) is 0 Å². The summed E-state index contributed by atoms with van der Waals surface area (Å²) in [5, 5.41) is 0. The first-order valence-electron chi connectivity index (χ1n) is 6.38. The van der Waals surface area contributed by atoms with E-state index in [9.17, 15) is 12.8 Å². The second-order valence-electron chi connectivity index (χ2n) is 4.95. The minimum atomic E-state index is -3.79. The fourth-order valence-electron chi connectivity index (χ4n) is 1.78. The number of halogens is 1. The van der Waals surface area contributed by atoms with Crippen LogP contribution in [0.25, 0.3) is 0 Å². The highest BCUT2D eigenvalue weighted by Crippen LogP contribution is 2.19. The highest BCUT2D eigenvalue weighted by atomic mass is 32.2. The first kappa shape index (κ1) is 17.0. The van der Waals surface area contributed by atoms with Gasteiger partial charge < -0.3 is 10.6 Å². The Balaban J connectivity index is 2.87. The Morgan fingerprint density at radius 3 is 2.35 bits per heavy atom. The van der Waals surface area contributed by atoms with Crippen LogP contribution in [0.15, 0.2) is 23.1 Å². The van der Waals surface area contributed by atoms with E-state index in [0.29, 0.717) is 18.5 Å². The minimum Gasteiger partial charge on any atom is -0.326 e. The molecule has 0 aliphatic rings. The van der Waals surface area contributed by atoms with Gasteiger partial charge in [-0.1, -0.05) is 6.07 Å². The van der Waals surface area contributed by atoms with E-state index in [0.717, 1.165) is 6.54 Å². The molecule has 0 atom stereocenters. The van der Waals surface area contributed by atoms with E-state index < -0.39 is 15.8 Å². The van der Waals surface area contributed by atoms with Crippen LogP contribution in [-0.2, 0) is 16.6 Å². The molecular weight excluding hydrogens is 281 g/mol. The van der Waals surface area contributed by atoms with E-state index in [-0.39, 0.29) is 11.4 Å². The van der Waals surface area contributed by atoms with Crippen molar-refractivity contribution in [3.8, 4) is 0 Å².